The summed E-state index contributed by atoms with van der Waals surface area (Å²) in [5.41, 5.74) is 3.20. The molecule has 2 aliphatic rings. The number of benzene rings is 3. The Balaban J connectivity index is 1.34. The molecule has 2 amide bonds. The minimum atomic E-state index is -0.279. The molecule has 1 atom stereocenters. The summed E-state index contributed by atoms with van der Waals surface area (Å²) in [5, 5.41) is 0.631. The van der Waals surface area contributed by atoms with Crippen LogP contribution in [-0.4, -0.2) is 42.4 Å². The standard InChI is InChI=1S/C31H29ClN2O4S/c1-2-38-31(37)24-8-6-16-33(20-24)29(35)23-14-12-21(13-15-23)18-28-30(36)34(19-22-7-5-9-25(32)17-22)26-10-3-4-11-27(26)39-28/h3-5,7,9-15,17-18,24H,2,6,8,16,19-20H2,1H3/b28-18+/t24-/m1/s1. The van der Waals surface area contributed by atoms with E-state index in [1.54, 1.807) is 28.9 Å². The lowest BCUT2D eigenvalue weighted by Crippen LogP contribution is -2.42. The highest BCUT2D eigenvalue weighted by molar-refractivity contribution is 8.04. The van der Waals surface area contributed by atoms with Crippen molar-refractivity contribution in [1.82, 2.24) is 4.90 Å². The van der Waals surface area contributed by atoms with E-state index in [0.29, 0.717) is 41.7 Å². The molecule has 0 saturated carbocycles. The maximum atomic E-state index is 13.6. The molecule has 0 aliphatic carbocycles. The van der Waals surface area contributed by atoms with Gasteiger partial charge in [-0.15, -0.1) is 0 Å². The Labute approximate surface area is 237 Å². The number of likely N-dealkylation sites (tertiary alicyclic amines) is 1. The van der Waals surface area contributed by atoms with Crippen molar-refractivity contribution in [3.05, 3.63) is 99.4 Å². The molecule has 5 rings (SSSR count). The van der Waals surface area contributed by atoms with Crippen LogP contribution < -0.4 is 4.90 Å². The zero-order valence-electron chi connectivity index (χ0n) is 21.6. The van der Waals surface area contributed by atoms with Crippen molar-refractivity contribution in [3.63, 3.8) is 0 Å². The molecule has 2 aliphatic heterocycles. The van der Waals surface area contributed by atoms with E-state index in [2.05, 4.69) is 0 Å². The van der Waals surface area contributed by atoms with Crippen LogP contribution in [0.15, 0.2) is 82.6 Å². The summed E-state index contributed by atoms with van der Waals surface area (Å²) in [4.78, 5) is 44.0. The molecule has 200 valence electrons. The number of piperidine rings is 1. The van der Waals surface area contributed by atoms with Gasteiger partial charge in [0.15, 0.2) is 0 Å². The zero-order valence-corrected chi connectivity index (χ0v) is 23.2. The van der Waals surface area contributed by atoms with Gasteiger partial charge in [0.25, 0.3) is 11.8 Å². The summed E-state index contributed by atoms with van der Waals surface area (Å²) in [7, 11) is 0. The molecule has 0 bridgehead atoms. The number of amides is 2. The molecule has 39 heavy (non-hydrogen) atoms. The monoisotopic (exact) mass is 560 g/mol. The van der Waals surface area contributed by atoms with Crippen molar-refractivity contribution in [2.45, 2.75) is 31.2 Å². The number of anilines is 1. The molecule has 0 spiro atoms. The number of hydrogen-bond donors (Lipinski definition) is 0. The number of para-hydroxylation sites is 1. The number of thioether (sulfide) groups is 1. The minimum absolute atomic E-state index is 0.0860. The summed E-state index contributed by atoms with van der Waals surface area (Å²) < 4.78 is 5.16. The number of carbonyl (C=O) groups excluding carboxylic acids is 3. The van der Waals surface area contributed by atoms with Crippen LogP contribution in [0.3, 0.4) is 0 Å². The van der Waals surface area contributed by atoms with Gasteiger partial charge < -0.3 is 14.5 Å². The molecule has 2 heterocycles. The molecule has 1 fully saturated rings. The Morgan fingerprint density at radius 2 is 1.87 bits per heavy atom. The normalized spacial score (nSPS) is 18.2. The lowest BCUT2D eigenvalue weighted by atomic mass is 9.97. The number of ether oxygens (including phenoxy) is 1. The van der Waals surface area contributed by atoms with E-state index in [1.807, 2.05) is 66.7 Å². The Bertz CT molecular complexity index is 1420. The van der Waals surface area contributed by atoms with Gasteiger partial charge in [-0.2, -0.15) is 0 Å². The van der Waals surface area contributed by atoms with Crippen molar-refractivity contribution in [2.24, 2.45) is 5.92 Å². The van der Waals surface area contributed by atoms with Crippen molar-refractivity contribution in [2.75, 3.05) is 24.6 Å². The Morgan fingerprint density at radius 3 is 2.64 bits per heavy atom. The number of halogens is 1. The SMILES string of the molecule is CCOC(=O)[C@@H]1CCCN(C(=O)c2ccc(/C=C3/Sc4ccccc4N(Cc4cccc(Cl)c4)C3=O)cc2)C1. The van der Waals surface area contributed by atoms with E-state index >= 15 is 0 Å². The second kappa shape index (κ2) is 12.1. The van der Waals surface area contributed by atoms with Crippen molar-refractivity contribution in [1.29, 1.82) is 0 Å². The third-order valence-corrected chi connectivity index (χ3v) is 8.16. The van der Waals surface area contributed by atoms with E-state index in [4.69, 9.17) is 16.3 Å². The van der Waals surface area contributed by atoms with Crippen LogP contribution in [0.1, 0.15) is 41.3 Å². The highest BCUT2D eigenvalue weighted by Crippen LogP contribution is 2.42. The molecular formula is C31H29ClN2O4S. The van der Waals surface area contributed by atoms with Crippen LogP contribution in [0.25, 0.3) is 6.08 Å². The van der Waals surface area contributed by atoms with Gasteiger partial charge in [-0.1, -0.05) is 59.8 Å². The molecule has 6 nitrogen and oxygen atoms in total. The summed E-state index contributed by atoms with van der Waals surface area (Å²) in [6.07, 6.45) is 3.37. The molecule has 3 aromatic carbocycles. The highest BCUT2D eigenvalue weighted by Gasteiger charge is 2.31. The van der Waals surface area contributed by atoms with Crippen molar-refractivity contribution >= 4 is 52.9 Å². The molecule has 0 radical (unpaired) electrons. The fourth-order valence-corrected chi connectivity index (χ4v) is 6.18. The molecule has 3 aromatic rings. The van der Waals surface area contributed by atoms with Gasteiger partial charge in [-0.25, -0.2) is 0 Å². The first-order valence-corrected chi connectivity index (χ1v) is 14.2. The first-order chi connectivity index (χ1) is 18.9. The topological polar surface area (TPSA) is 66.9 Å². The zero-order chi connectivity index (χ0) is 27.4. The van der Waals surface area contributed by atoms with Gasteiger partial charge >= 0.3 is 5.97 Å². The van der Waals surface area contributed by atoms with Crippen LogP contribution in [0.4, 0.5) is 5.69 Å². The summed E-state index contributed by atoms with van der Waals surface area (Å²) in [6, 6.07) is 22.6. The largest absolute Gasteiger partial charge is 0.466 e. The van der Waals surface area contributed by atoms with Crippen LogP contribution in [0.5, 0.6) is 0 Å². The van der Waals surface area contributed by atoms with Crippen LogP contribution in [-0.2, 0) is 20.9 Å². The quantitative estimate of drug-likeness (QED) is 0.256. The average molecular weight is 561 g/mol. The third kappa shape index (κ3) is 6.21. The average Bonchev–Trinajstić information content (AvgIpc) is 2.95. The fourth-order valence-electron chi connectivity index (χ4n) is 4.91. The molecule has 1 saturated heterocycles. The number of hydrogen-bond acceptors (Lipinski definition) is 5. The number of carbonyl (C=O) groups is 3. The molecule has 8 heteroatoms. The Hall–Kier alpha value is -3.55. The fraction of sp³-hybridized carbons (Fsp3) is 0.258. The molecular weight excluding hydrogens is 532 g/mol. The third-order valence-electron chi connectivity index (χ3n) is 6.85. The van der Waals surface area contributed by atoms with Gasteiger partial charge in [-0.3, -0.25) is 14.4 Å². The van der Waals surface area contributed by atoms with Gasteiger partial charge in [0.1, 0.15) is 0 Å². The maximum absolute atomic E-state index is 13.6. The number of esters is 1. The summed E-state index contributed by atoms with van der Waals surface area (Å²) in [5.74, 6) is -0.707. The number of rotatable bonds is 6. The highest BCUT2D eigenvalue weighted by atomic mass is 35.5. The lowest BCUT2D eigenvalue weighted by molar-refractivity contribution is -0.149. The lowest BCUT2D eigenvalue weighted by Gasteiger charge is -2.31. The van der Waals surface area contributed by atoms with Gasteiger partial charge in [-0.05, 0) is 73.4 Å². The molecule has 0 N–H and O–H groups in total. The molecule has 0 aromatic heterocycles. The van der Waals surface area contributed by atoms with Crippen LogP contribution in [0, 0.1) is 5.92 Å². The van der Waals surface area contributed by atoms with Gasteiger partial charge in [0, 0.05) is 28.6 Å². The first-order valence-electron chi connectivity index (χ1n) is 13.0. The Morgan fingerprint density at radius 1 is 1.08 bits per heavy atom. The van der Waals surface area contributed by atoms with E-state index in [-0.39, 0.29) is 23.7 Å². The number of nitrogens with zero attached hydrogens (tertiary/aromatic N) is 2. The van der Waals surface area contributed by atoms with E-state index in [1.165, 1.54) is 11.8 Å². The number of fused-ring (bicyclic) bond motifs is 1. The summed E-state index contributed by atoms with van der Waals surface area (Å²) >= 11 is 7.63. The van der Waals surface area contributed by atoms with Crippen LogP contribution in [0.2, 0.25) is 5.02 Å². The predicted molar refractivity (Wildman–Crippen MR) is 155 cm³/mol. The first kappa shape index (κ1) is 27.0. The molecule has 0 unspecified atom stereocenters. The van der Waals surface area contributed by atoms with E-state index in [9.17, 15) is 14.4 Å². The van der Waals surface area contributed by atoms with E-state index < -0.39 is 0 Å². The second-order valence-corrected chi connectivity index (χ2v) is 11.1. The summed E-state index contributed by atoms with van der Waals surface area (Å²) in [6.45, 7) is 3.52. The van der Waals surface area contributed by atoms with Crippen molar-refractivity contribution in [3.8, 4) is 0 Å². The van der Waals surface area contributed by atoms with Gasteiger partial charge in [0.05, 0.1) is 29.7 Å². The smallest absolute Gasteiger partial charge is 0.310 e. The second-order valence-electron chi connectivity index (χ2n) is 9.56. The maximum Gasteiger partial charge on any atom is 0.310 e. The van der Waals surface area contributed by atoms with E-state index in [0.717, 1.165) is 34.6 Å². The Kier molecular flexibility index (Phi) is 8.38. The van der Waals surface area contributed by atoms with Crippen LogP contribution >= 0.6 is 23.4 Å². The minimum Gasteiger partial charge on any atom is -0.466 e. The van der Waals surface area contributed by atoms with Crippen molar-refractivity contribution < 1.29 is 19.1 Å². The predicted octanol–water partition coefficient (Wildman–Crippen LogP) is 6.44. The van der Waals surface area contributed by atoms with Gasteiger partial charge in [0.2, 0.25) is 0 Å².